The van der Waals surface area contributed by atoms with Crippen molar-refractivity contribution in [3.8, 4) is 11.5 Å². The van der Waals surface area contributed by atoms with Gasteiger partial charge in [-0.2, -0.15) is 0 Å². The fourth-order valence-corrected chi connectivity index (χ4v) is 4.01. The van der Waals surface area contributed by atoms with E-state index in [1.807, 2.05) is 18.2 Å². The Labute approximate surface area is 168 Å². The van der Waals surface area contributed by atoms with Crippen molar-refractivity contribution in [3.63, 3.8) is 0 Å². The fraction of sp³-hybridized carbons (Fsp3) is 0.350. The average Bonchev–Trinajstić information content (AvgIpc) is 3.38. The molecule has 7 nitrogen and oxygen atoms in total. The fourth-order valence-electron chi connectivity index (χ4n) is 3.68. The zero-order chi connectivity index (χ0) is 19.5. The van der Waals surface area contributed by atoms with Crippen molar-refractivity contribution in [3.05, 3.63) is 58.1 Å². The Morgan fingerprint density at radius 1 is 1.14 bits per heavy atom. The maximum absolute atomic E-state index is 10.8. The van der Waals surface area contributed by atoms with E-state index in [2.05, 4.69) is 10.2 Å². The van der Waals surface area contributed by atoms with Gasteiger partial charge in [0.1, 0.15) is 0 Å². The van der Waals surface area contributed by atoms with Gasteiger partial charge in [-0.25, -0.2) is 0 Å². The van der Waals surface area contributed by atoms with E-state index in [4.69, 9.17) is 21.7 Å². The zero-order valence-corrected chi connectivity index (χ0v) is 16.1. The smallest absolute Gasteiger partial charge is 0.269 e. The lowest BCUT2D eigenvalue weighted by Crippen LogP contribution is -2.40. The third-order valence-corrected chi connectivity index (χ3v) is 5.48. The van der Waals surface area contributed by atoms with Gasteiger partial charge in [-0.3, -0.25) is 10.1 Å². The molecule has 1 saturated carbocycles. The first-order chi connectivity index (χ1) is 13.6. The lowest BCUT2D eigenvalue weighted by atomic mass is 10.1. The number of rotatable bonds is 5. The van der Waals surface area contributed by atoms with Crippen molar-refractivity contribution in [1.29, 1.82) is 0 Å². The number of nitrogens with zero attached hydrogens (tertiary/aromatic N) is 2. The van der Waals surface area contributed by atoms with Gasteiger partial charge >= 0.3 is 0 Å². The molecular weight excluding hydrogens is 378 g/mol. The third kappa shape index (κ3) is 4.01. The van der Waals surface area contributed by atoms with E-state index < -0.39 is 4.92 Å². The summed E-state index contributed by atoms with van der Waals surface area (Å²) >= 11 is 5.70. The van der Waals surface area contributed by atoms with Gasteiger partial charge < -0.3 is 19.7 Å². The van der Waals surface area contributed by atoms with Crippen molar-refractivity contribution in [2.75, 3.05) is 12.1 Å². The molecule has 0 spiro atoms. The normalized spacial score (nSPS) is 15.4. The molecule has 0 amide bonds. The second-order valence-corrected chi connectivity index (χ2v) is 7.37. The second-order valence-electron chi connectivity index (χ2n) is 6.99. The van der Waals surface area contributed by atoms with E-state index in [9.17, 15) is 10.1 Å². The summed E-state index contributed by atoms with van der Waals surface area (Å²) in [5.41, 5.74) is 1.90. The highest BCUT2D eigenvalue weighted by Gasteiger charge is 2.25. The summed E-state index contributed by atoms with van der Waals surface area (Å²) in [5, 5.41) is 14.7. The van der Waals surface area contributed by atoms with Gasteiger partial charge in [0.05, 0.1) is 4.92 Å². The molecule has 2 aromatic rings. The predicted molar refractivity (Wildman–Crippen MR) is 110 cm³/mol. The highest BCUT2D eigenvalue weighted by atomic mass is 32.1. The first-order valence-electron chi connectivity index (χ1n) is 9.31. The molecule has 1 fully saturated rings. The Kier molecular flexibility index (Phi) is 5.29. The molecule has 2 aliphatic rings. The number of non-ortho nitro benzene ring substituents is 1. The van der Waals surface area contributed by atoms with Gasteiger partial charge in [0, 0.05) is 30.4 Å². The third-order valence-electron chi connectivity index (χ3n) is 5.15. The maximum atomic E-state index is 10.8. The molecule has 8 heteroatoms. The molecule has 2 aromatic carbocycles. The van der Waals surface area contributed by atoms with Crippen molar-refractivity contribution >= 4 is 28.7 Å². The molecule has 0 aromatic heterocycles. The number of anilines is 1. The van der Waals surface area contributed by atoms with Crippen LogP contribution in [-0.2, 0) is 6.54 Å². The summed E-state index contributed by atoms with van der Waals surface area (Å²) in [6.45, 7) is 0.922. The first kappa shape index (κ1) is 18.5. The molecule has 0 atom stereocenters. The predicted octanol–water partition coefficient (Wildman–Crippen LogP) is 4.47. The van der Waals surface area contributed by atoms with Gasteiger partial charge in [-0.1, -0.05) is 18.9 Å². The largest absolute Gasteiger partial charge is 0.454 e. The van der Waals surface area contributed by atoms with Crippen LogP contribution in [0.1, 0.15) is 31.2 Å². The molecule has 1 aliphatic carbocycles. The highest BCUT2D eigenvalue weighted by molar-refractivity contribution is 7.80. The molecule has 1 heterocycles. The molecule has 0 bridgehead atoms. The molecule has 0 unspecified atom stereocenters. The van der Waals surface area contributed by atoms with Crippen LogP contribution in [0.3, 0.4) is 0 Å². The first-order valence-corrected chi connectivity index (χ1v) is 9.71. The minimum absolute atomic E-state index is 0.0597. The second kappa shape index (κ2) is 8.02. The Morgan fingerprint density at radius 2 is 1.86 bits per heavy atom. The number of ether oxygens (including phenoxy) is 2. The monoisotopic (exact) mass is 399 g/mol. The summed E-state index contributed by atoms with van der Waals surface area (Å²) < 4.78 is 10.9. The molecular formula is C20H21N3O4S. The zero-order valence-electron chi connectivity index (χ0n) is 15.3. The van der Waals surface area contributed by atoms with Crippen LogP contribution in [0.25, 0.3) is 0 Å². The van der Waals surface area contributed by atoms with E-state index in [1.54, 1.807) is 12.1 Å². The Bertz CT molecular complexity index is 882. The maximum Gasteiger partial charge on any atom is 0.269 e. The molecule has 0 radical (unpaired) electrons. The van der Waals surface area contributed by atoms with Crippen LogP contribution in [0.5, 0.6) is 11.5 Å². The van der Waals surface area contributed by atoms with Crippen LogP contribution >= 0.6 is 12.2 Å². The summed E-state index contributed by atoms with van der Waals surface area (Å²) in [6.07, 6.45) is 4.60. The average molecular weight is 399 g/mol. The van der Waals surface area contributed by atoms with Gasteiger partial charge in [0.15, 0.2) is 16.6 Å². The van der Waals surface area contributed by atoms with E-state index in [0.29, 0.717) is 17.7 Å². The lowest BCUT2D eigenvalue weighted by Gasteiger charge is -2.32. The van der Waals surface area contributed by atoms with E-state index in [-0.39, 0.29) is 12.5 Å². The number of hydrogen-bond acceptors (Lipinski definition) is 5. The minimum Gasteiger partial charge on any atom is -0.454 e. The van der Waals surface area contributed by atoms with Crippen molar-refractivity contribution < 1.29 is 14.4 Å². The molecule has 1 aliphatic heterocycles. The summed E-state index contributed by atoms with van der Waals surface area (Å²) in [4.78, 5) is 12.6. The number of thiocarbonyl (C=S) groups is 1. The van der Waals surface area contributed by atoms with Crippen LogP contribution in [0.2, 0.25) is 0 Å². The van der Waals surface area contributed by atoms with Gasteiger partial charge in [-0.05, 0) is 54.9 Å². The number of benzene rings is 2. The van der Waals surface area contributed by atoms with Crippen LogP contribution < -0.4 is 14.8 Å². The standard InChI is InChI=1S/C20H21N3O4S/c24-23(25)17-8-6-15(7-9-17)21-20(28)22(16-3-1-2-4-16)12-14-5-10-18-19(11-14)27-13-26-18/h5-11,16H,1-4,12-13H2,(H,21,28). The van der Waals surface area contributed by atoms with E-state index >= 15 is 0 Å². The summed E-state index contributed by atoms with van der Waals surface area (Å²) in [7, 11) is 0. The molecule has 146 valence electrons. The molecule has 28 heavy (non-hydrogen) atoms. The van der Waals surface area contributed by atoms with E-state index in [0.717, 1.165) is 35.6 Å². The van der Waals surface area contributed by atoms with Crippen molar-refractivity contribution in [2.24, 2.45) is 0 Å². The Hall–Kier alpha value is -2.87. The minimum atomic E-state index is -0.410. The van der Waals surface area contributed by atoms with E-state index in [1.165, 1.54) is 25.0 Å². The highest BCUT2D eigenvalue weighted by Crippen LogP contribution is 2.34. The summed E-state index contributed by atoms with van der Waals surface area (Å²) in [5.74, 6) is 1.53. The van der Waals surface area contributed by atoms with Gasteiger partial charge in [0.2, 0.25) is 6.79 Å². The topological polar surface area (TPSA) is 76.9 Å². The quantitative estimate of drug-likeness (QED) is 0.452. The van der Waals surface area contributed by atoms with Crippen LogP contribution in [0, 0.1) is 10.1 Å². The van der Waals surface area contributed by atoms with Crippen LogP contribution in [-0.4, -0.2) is 27.8 Å². The number of nitro groups is 1. The number of nitrogens with one attached hydrogen (secondary N) is 1. The van der Waals surface area contributed by atoms with Crippen LogP contribution in [0.15, 0.2) is 42.5 Å². The lowest BCUT2D eigenvalue weighted by molar-refractivity contribution is -0.384. The SMILES string of the molecule is O=[N+]([O-])c1ccc(NC(=S)N(Cc2ccc3c(c2)OCO3)C2CCCC2)cc1. The van der Waals surface area contributed by atoms with Gasteiger partial charge in [-0.15, -0.1) is 0 Å². The molecule has 0 saturated heterocycles. The number of hydrogen-bond donors (Lipinski definition) is 1. The molecule has 4 rings (SSSR count). The Morgan fingerprint density at radius 3 is 2.57 bits per heavy atom. The molecule has 1 N–H and O–H groups in total. The number of nitro benzene ring substituents is 1. The Balaban J connectivity index is 1.50. The van der Waals surface area contributed by atoms with Crippen LogP contribution in [0.4, 0.5) is 11.4 Å². The van der Waals surface area contributed by atoms with Gasteiger partial charge in [0.25, 0.3) is 5.69 Å². The number of fused-ring (bicyclic) bond motifs is 1. The summed E-state index contributed by atoms with van der Waals surface area (Å²) in [6, 6.07) is 12.6. The van der Waals surface area contributed by atoms with Crippen molar-refractivity contribution in [2.45, 2.75) is 38.3 Å². The van der Waals surface area contributed by atoms with Crippen molar-refractivity contribution in [1.82, 2.24) is 4.90 Å².